The van der Waals surface area contributed by atoms with Crippen molar-refractivity contribution >= 4 is 11.6 Å². The third-order valence-electron chi connectivity index (χ3n) is 6.47. The van der Waals surface area contributed by atoms with E-state index < -0.39 is 0 Å². The summed E-state index contributed by atoms with van der Waals surface area (Å²) in [5.74, 6) is 3.50. The van der Waals surface area contributed by atoms with Crippen LogP contribution in [0.5, 0.6) is 0 Å². The molecule has 0 amide bonds. The summed E-state index contributed by atoms with van der Waals surface area (Å²) in [5, 5.41) is 0.262. The predicted octanol–water partition coefficient (Wildman–Crippen LogP) is 7.04. The molecule has 0 unspecified atom stereocenters. The summed E-state index contributed by atoms with van der Waals surface area (Å²) in [7, 11) is 0. The molecule has 0 heterocycles. The fraction of sp³-hybridized carbons (Fsp3) is 0.714. The minimum Gasteiger partial charge on any atom is -0.205 e. The maximum absolute atomic E-state index is 14.0. The summed E-state index contributed by atoms with van der Waals surface area (Å²) in [6.07, 6.45) is 13.3. The van der Waals surface area contributed by atoms with Gasteiger partial charge < -0.3 is 0 Å². The average molecular weight is 337 g/mol. The van der Waals surface area contributed by atoms with Crippen molar-refractivity contribution in [3.05, 3.63) is 34.6 Å². The first-order valence-electron chi connectivity index (χ1n) is 9.56. The van der Waals surface area contributed by atoms with Crippen LogP contribution in [-0.4, -0.2) is 0 Å². The lowest BCUT2D eigenvalue weighted by Crippen LogP contribution is -2.25. The van der Waals surface area contributed by atoms with Crippen molar-refractivity contribution in [1.29, 1.82) is 0 Å². The van der Waals surface area contributed by atoms with Gasteiger partial charge in [-0.3, -0.25) is 0 Å². The zero-order valence-corrected chi connectivity index (χ0v) is 15.1. The van der Waals surface area contributed by atoms with Crippen LogP contribution >= 0.6 is 11.6 Å². The van der Waals surface area contributed by atoms with Crippen molar-refractivity contribution in [2.45, 2.75) is 71.1 Å². The lowest BCUT2D eigenvalue weighted by Gasteiger charge is -2.37. The summed E-state index contributed by atoms with van der Waals surface area (Å²) in [4.78, 5) is 0. The van der Waals surface area contributed by atoms with Crippen LogP contribution in [0.2, 0.25) is 5.02 Å². The summed E-state index contributed by atoms with van der Waals surface area (Å²) in [6.45, 7) is 2.40. The summed E-state index contributed by atoms with van der Waals surface area (Å²) >= 11 is 5.88. The van der Waals surface area contributed by atoms with Crippen LogP contribution < -0.4 is 0 Å². The highest BCUT2D eigenvalue weighted by atomic mass is 35.5. The molecule has 0 bridgehead atoms. The van der Waals surface area contributed by atoms with Crippen LogP contribution in [0.4, 0.5) is 4.39 Å². The third kappa shape index (κ3) is 4.50. The molecule has 128 valence electrons. The van der Waals surface area contributed by atoms with Gasteiger partial charge in [0.2, 0.25) is 0 Å². The molecule has 1 aromatic rings. The Bertz CT molecular complexity index is 497. The SMILES string of the molecule is CC1CCC(C2CCC(CCc3cccc(Cl)c3F)CC2)CC1. The van der Waals surface area contributed by atoms with E-state index in [-0.39, 0.29) is 10.8 Å². The quantitative estimate of drug-likeness (QED) is 0.552. The molecule has 3 rings (SSSR count). The molecule has 2 aliphatic carbocycles. The molecule has 0 N–H and O–H groups in total. The van der Waals surface area contributed by atoms with E-state index in [9.17, 15) is 4.39 Å². The summed E-state index contributed by atoms with van der Waals surface area (Å²) < 4.78 is 14.0. The van der Waals surface area contributed by atoms with Crippen LogP contribution in [0, 0.1) is 29.5 Å². The maximum Gasteiger partial charge on any atom is 0.144 e. The maximum atomic E-state index is 14.0. The standard InChI is InChI=1S/C21H30ClF/c1-15-5-10-17(11-6-15)18-12-7-16(8-13-18)9-14-19-3-2-4-20(22)21(19)23/h2-4,15-18H,5-14H2,1H3. The number of halogens is 2. The Kier molecular flexibility index (Phi) is 6.01. The molecular formula is C21H30ClF. The largest absolute Gasteiger partial charge is 0.205 e. The number of hydrogen-bond donors (Lipinski definition) is 0. The first-order chi connectivity index (χ1) is 11.1. The van der Waals surface area contributed by atoms with Gasteiger partial charge in [0.15, 0.2) is 0 Å². The van der Waals surface area contributed by atoms with E-state index in [4.69, 9.17) is 11.6 Å². The molecule has 0 saturated heterocycles. The fourth-order valence-corrected chi connectivity index (χ4v) is 5.00. The van der Waals surface area contributed by atoms with Gasteiger partial charge in [0, 0.05) is 0 Å². The summed E-state index contributed by atoms with van der Waals surface area (Å²) in [5.41, 5.74) is 0.792. The van der Waals surface area contributed by atoms with Crippen LogP contribution in [0.15, 0.2) is 18.2 Å². The second-order valence-electron chi connectivity index (χ2n) is 8.05. The van der Waals surface area contributed by atoms with E-state index in [1.807, 2.05) is 12.1 Å². The smallest absolute Gasteiger partial charge is 0.144 e. The Hall–Kier alpha value is -0.560. The van der Waals surface area contributed by atoms with Gasteiger partial charge >= 0.3 is 0 Å². The van der Waals surface area contributed by atoms with Crippen molar-refractivity contribution in [3.8, 4) is 0 Å². The molecule has 2 fully saturated rings. The Balaban J connectivity index is 1.43. The molecule has 0 aliphatic heterocycles. The van der Waals surface area contributed by atoms with Crippen molar-refractivity contribution < 1.29 is 4.39 Å². The molecule has 23 heavy (non-hydrogen) atoms. The number of rotatable bonds is 4. The Labute approximate surface area is 145 Å². The number of benzene rings is 1. The molecular weight excluding hydrogens is 307 g/mol. The lowest BCUT2D eigenvalue weighted by atomic mass is 9.69. The second-order valence-corrected chi connectivity index (χ2v) is 8.46. The van der Waals surface area contributed by atoms with E-state index in [0.717, 1.165) is 42.1 Å². The van der Waals surface area contributed by atoms with Gasteiger partial charge in [0.05, 0.1) is 5.02 Å². The minimum absolute atomic E-state index is 0.209. The van der Waals surface area contributed by atoms with Gasteiger partial charge in [-0.1, -0.05) is 56.3 Å². The Morgan fingerprint density at radius 1 is 0.957 bits per heavy atom. The van der Waals surface area contributed by atoms with Gasteiger partial charge in [0.25, 0.3) is 0 Å². The van der Waals surface area contributed by atoms with Crippen molar-refractivity contribution in [2.75, 3.05) is 0 Å². The minimum atomic E-state index is -0.209. The van der Waals surface area contributed by atoms with Gasteiger partial charge in [0.1, 0.15) is 5.82 Å². The highest BCUT2D eigenvalue weighted by molar-refractivity contribution is 6.30. The highest BCUT2D eigenvalue weighted by Crippen LogP contribution is 2.42. The number of hydrogen-bond acceptors (Lipinski definition) is 0. The van der Waals surface area contributed by atoms with E-state index in [1.54, 1.807) is 6.07 Å². The topological polar surface area (TPSA) is 0 Å². The molecule has 0 spiro atoms. The third-order valence-corrected chi connectivity index (χ3v) is 6.76. The molecule has 0 atom stereocenters. The Morgan fingerprint density at radius 3 is 2.22 bits per heavy atom. The van der Waals surface area contributed by atoms with E-state index >= 15 is 0 Å². The molecule has 0 nitrogen and oxygen atoms in total. The second kappa shape index (κ2) is 8.01. The number of aryl methyl sites for hydroxylation is 1. The van der Waals surface area contributed by atoms with Crippen LogP contribution in [0.25, 0.3) is 0 Å². The first-order valence-corrected chi connectivity index (χ1v) is 9.94. The molecule has 1 aromatic carbocycles. The van der Waals surface area contributed by atoms with Crippen LogP contribution in [-0.2, 0) is 6.42 Å². The van der Waals surface area contributed by atoms with Crippen molar-refractivity contribution in [2.24, 2.45) is 23.7 Å². The van der Waals surface area contributed by atoms with Crippen molar-refractivity contribution in [1.82, 2.24) is 0 Å². The van der Waals surface area contributed by atoms with E-state index in [2.05, 4.69) is 6.92 Å². The van der Waals surface area contributed by atoms with Gasteiger partial charge in [-0.05, 0) is 73.8 Å². The molecule has 2 saturated carbocycles. The van der Waals surface area contributed by atoms with Crippen LogP contribution in [0.3, 0.4) is 0 Å². The molecule has 0 aromatic heterocycles. The lowest BCUT2D eigenvalue weighted by molar-refractivity contribution is 0.147. The highest BCUT2D eigenvalue weighted by Gasteiger charge is 2.29. The van der Waals surface area contributed by atoms with Crippen molar-refractivity contribution in [3.63, 3.8) is 0 Å². The fourth-order valence-electron chi connectivity index (χ4n) is 4.81. The first kappa shape index (κ1) is 17.3. The molecule has 2 heteroatoms. The van der Waals surface area contributed by atoms with Gasteiger partial charge in [-0.15, -0.1) is 0 Å². The predicted molar refractivity (Wildman–Crippen MR) is 96.3 cm³/mol. The van der Waals surface area contributed by atoms with Crippen LogP contribution in [0.1, 0.15) is 70.3 Å². The van der Waals surface area contributed by atoms with E-state index in [0.29, 0.717) is 0 Å². The Morgan fingerprint density at radius 2 is 1.57 bits per heavy atom. The summed E-state index contributed by atoms with van der Waals surface area (Å²) in [6, 6.07) is 5.38. The van der Waals surface area contributed by atoms with E-state index in [1.165, 1.54) is 51.4 Å². The van der Waals surface area contributed by atoms with Gasteiger partial charge in [-0.2, -0.15) is 0 Å². The zero-order valence-electron chi connectivity index (χ0n) is 14.4. The average Bonchev–Trinajstić information content (AvgIpc) is 2.57. The molecule has 0 radical (unpaired) electrons. The normalized spacial score (nSPS) is 32.0. The molecule has 2 aliphatic rings. The monoisotopic (exact) mass is 336 g/mol. The van der Waals surface area contributed by atoms with Gasteiger partial charge in [-0.25, -0.2) is 4.39 Å². The zero-order chi connectivity index (χ0) is 16.2.